The van der Waals surface area contributed by atoms with Crippen LogP contribution in [0.2, 0.25) is 0 Å². The number of rotatable bonds is 6. The lowest BCUT2D eigenvalue weighted by Gasteiger charge is -2.35. The fourth-order valence-corrected chi connectivity index (χ4v) is 5.54. The first-order valence-corrected chi connectivity index (χ1v) is 11.7. The molecule has 0 spiro atoms. The van der Waals surface area contributed by atoms with Crippen LogP contribution in [0, 0.1) is 5.92 Å². The molecule has 2 saturated heterocycles. The van der Waals surface area contributed by atoms with Crippen molar-refractivity contribution in [3.63, 3.8) is 0 Å². The smallest absolute Gasteiger partial charge is 0.309 e. The van der Waals surface area contributed by atoms with Crippen molar-refractivity contribution in [1.82, 2.24) is 9.21 Å². The van der Waals surface area contributed by atoms with Gasteiger partial charge in [-0.25, -0.2) is 8.42 Å². The van der Waals surface area contributed by atoms with Gasteiger partial charge in [-0.15, -0.1) is 0 Å². The predicted molar refractivity (Wildman–Crippen MR) is 108 cm³/mol. The molecule has 1 amide bonds. The van der Waals surface area contributed by atoms with Crippen LogP contribution in [0.5, 0.6) is 0 Å². The lowest BCUT2D eigenvalue weighted by molar-refractivity contribution is -0.898. The van der Waals surface area contributed by atoms with Crippen molar-refractivity contribution < 1.29 is 27.6 Å². The summed E-state index contributed by atoms with van der Waals surface area (Å²) in [6.07, 6.45) is 1.47. The number of sulfonamides is 1. The number of nitrogens with one attached hydrogen (secondary N) is 1. The van der Waals surface area contributed by atoms with E-state index in [-0.39, 0.29) is 23.5 Å². The van der Waals surface area contributed by atoms with E-state index in [0.29, 0.717) is 32.7 Å². The Hall–Kier alpha value is -1.97. The summed E-state index contributed by atoms with van der Waals surface area (Å²) in [5, 5.41) is 0. The van der Waals surface area contributed by atoms with Crippen LogP contribution in [-0.4, -0.2) is 82.4 Å². The number of likely N-dealkylation sites (tertiary alicyclic amines) is 1. The molecule has 0 unspecified atom stereocenters. The topological polar surface area (TPSA) is 88.4 Å². The molecule has 3 rings (SSSR count). The number of piperidine rings is 1. The zero-order valence-corrected chi connectivity index (χ0v) is 17.7. The third kappa shape index (κ3) is 5.77. The zero-order chi connectivity index (χ0) is 20.9. The van der Waals surface area contributed by atoms with Gasteiger partial charge in [-0.2, -0.15) is 4.31 Å². The predicted octanol–water partition coefficient (Wildman–Crippen LogP) is -0.871. The van der Waals surface area contributed by atoms with Gasteiger partial charge in [0.25, 0.3) is 5.91 Å². The van der Waals surface area contributed by atoms with Crippen LogP contribution < -0.4 is 4.90 Å². The number of piperazine rings is 1. The second-order valence-electron chi connectivity index (χ2n) is 7.75. The summed E-state index contributed by atoms with van der Waals surface area (Å²) in [4.78, 5) is 27.2. The molecule has 0 radical (unpaired) electrons. The maximum atomic E-state index is 12.6. The fraction of sp³-hybridized carbons (Fsp3) is 0.600. The number of esters is 1. The summed E-state index contributed by atoms with van der Waals surface area (Å²) in [6.45, 7) is 3.45. The second-order valence-corrected chi connectivity index (χ2v) is 9.71. The number of hydrogen-bond acceptors (Lipinski definition) is 5. The molecule has 2 aliphatic rings. The van der Waals surface area contributed by atoms with Gasteiger partial charge < -0.3 is 14.5 Å². The Morgan fingerprint density at radius 2 is 1.69 bits per heavy atom. The largest absolute Gasteiger partial charge is 0.469 e. The number of benzene rings is 1. The molecule has 9 heteroatoms. The zero-order valence-electron chi connectivity index (χ0n) is 16.9. The molecule has 0 atom stereocenters. The number of hydrogen-bond donors (Lipinski definition) is 1. The average molecular weight is 425 g/mol. The van der Waals surface area contributed by atoms with Crippen LogP contribution >= 0.6 is 0 Å². The molecule has 1 aromatic carbocycles. The highest BCUT2D eigenvalue weighted by molar-refractivity contribution is 7.88. The van der Waals surface area contributed by atoms with E-state index in [1.807, 2.05) is 30.3 Å². The van der Waals surface area contributed by atoms with E-state index in [4.69, 9.17) is 4.74 Å². The van der Waals surface area contributed by atoms with Gasteiger partial charge in [0.2, 0.25) is 10.0 Å². The molecule has 2 heterocycles. The summed E-state index contributed by atoms with van der Waals surface area (Å²) in [5.41, 5.74) is 0.768. The van der Waals surface area contributed by atoms with Gasteiger partial charge in [0.15, 0.2) is 6.54 Å². The van der Waals surface area contributed by atoms with Gasteiger partial charge >= 0.3 is 5.97 Å². The first-order chi connectivity index (χ1) is 13.9. The van der Waals surface area contributed by atoms with E-state index >= 15 is 0 Å². The number of quaternary nitrogens is 1. The third-order valence-corrected chi connectivity index (χ3v) is 7.66. The lowest BCUT2D eigenvalue weighted by atomic mass is 9.97. The molecule has 0 bridgehead atoms. The van der Waals surface area contributed by atoms with Gasteiger partial charge in [-0.3, -0.25) is 9.59 Å². The lowest BCUT2D eigenvalue weighted by Crippen LogP contribution is -3.14. The minimum atomic E-state index is -3.38. The molecular weight excluding hydrogens is 394 g/mol. The number of ether oxygens (including phenoxy) is 1. The molecule has 1 N–H and O–H groups in total. The number of amides is 1. The quantitative estimate of drug-likeness (QED) is 0.600. The Balaban J connectivity index is 1.44. The molecule has 29 heavy (non-hydrogen) atoms. The van der Waals surface area contributed by atoms with Crippen LogP contribution in [0.3, 0.4) is 0 Å². The van der Waals surface area contributed by atoms with Crippen molar-refractivity contribution in [1.29, 1.82) is 0 Å². The summed E-state index contributed by atoms with van der Waals surface area (Å²) in [7, 11) is -1.98. The summed E-state index contributed by atoms with van der Waals surface area (Å²) in [5.74, 6) is -0.182. The Morgan fingerprint density at radius 3 is 2.28 bits per heavy atom. The minimum absolute atomic E-state index is 0.0128. The maximum Gasteiger partial charge on any atom is 0.309 e. The number of nitrogens with zero attached hydrogens (tertiary/aromatic N) is 2. The fourth-order valence-electron chi connectivity index (χ4n) is 4.02. The first-order valence-electron chi connectivity index (χ1n) is 10.1. The molecular formula is C20H30N3O5S+. The molecule has 2 aliphatic heterocycles. The summed E-state index contributed by atoms with van der Waals surface area (Å²) >= 11 is 0. The van der Waals surface area contributed by atoms with Crippen molar-refractivity contribution in [2.75, 3.05) is 52.9 Å². The molecule has 0 aromatic heterocycles. The highest BCUT2D eigenvalue weighted by Crippen LogP contribution is 2.14. The first kappa shape index (κ1) is 21.7. The number of carbonyl (C=O) groups is 2. The number of methoxy groups -OCH3 is 1. The molecule has 0 saturated carbocycles. The molecule has 0 aliphatic carbocycles. The van der Waals surface area contributed by atoms with Crippen LogP contribution in [0.15, 0.2) is 30.3 Å². The Kier molecular flexibility index (Phi) is 7.26. The van der Waals surface area contributed by atoms with E-state index in [1.54, 1.807) is 4.90 Å². The summed E-state index contributed by atoms with van der Waals surface area (Å²) in [6, 6.07) is 9.14. The van der Waals surface area contributed by atoms with E-state index < -0.39 is 10.0 Å². The van der Waals surface area contributed by atoms with E-state index in [0.717, 1.165) is 31.5 Å². The van der Waals surface area contributed by atoms with Crippen molar-refractivity contribution in [2.45, 2.75) is 18.6 Å². The highest BCUT2D eigenvalue weighted by atomic mass is 32.2. The minimum Gasteiger partial charge on any atom is -0.469 e. The van der Waals surface area contributed by atoms with Gasteiger partial charge in [-0.05, 0) is 5.56 Å². The molecule has 2 fully saturated rings. The van der Waals surface area contributed by atoms with Crippen LogP contribution in [0.1, 0.15) is 18.4 Å². The number of carbonyl (C=O) groups excluding carboxylic acids is 2. The molecule has 8 nitrogen and oxygen atoms in total. The standard InChI is InChI=1S/C20H29N3O5S/c1-28-20(25)18-7-9-21(10-8-18)15-19(24)22-11-13-23(14-12-22)29(26,27)16-17-5-3-2-4-6-17/h2-6,18H,7-16H2,1H3/p+1. The van der Waals surface area contributed by atoms with Crippen molar-refractivity contribution in [2.24, 2.45) is 5.92 Å². The van der Waals surface area contributed by atoms with Gasteiger partial charge in [0, 0.05) is 39.0 Å². The van der Waals surface area contributed by atoms with Crippen molar-refractivity contribution in [3.8, 4) is 0 Å². The van der Waals surface area contributed by atoms with Crippen molar-refractivity contribution >= 4 is 21.9 Å². The van der Waals surface area contributed by atoms with Crippen molar-refractivity contribution in [3.05, 3.63) is 35.9 Å². The van der Waals surface area contributed by atoms with Gasteiger partial charge in [0.05, 0.1) is 31.9 Å². The molecule has 160 valence electrons. The van der Waals surface area contributed by atoms with E-state index in [1.165, 1.54) is 16.3 Å². The Labute approximate surface area is 172 Å². The average Bonchev–Trinajstić information content (AvgIpc) is 2.74. The van der Waals surface area contributed by atoms with Crippen LogP contribution in [0.4, 0.5) is 0 Å². The summed E-state index contributed by atoms with van der Waals surface area (Å²) < 4.78 is 31.6. The van der Waals surface area contributed by atoms with E-state index in [2.05, 4.69) is 0 Å². The van der Waals surface area contributed by atoms with Crippen LogP contribution in [-0.2, 0) is 30.1 Å². The Morgan fingerprint density at radius 1 is 1.07 bits per heavy atom. The van der Waals surface area contributed by atoms with E-state index in [9.17, 15) is 18.0 Å². The molecule has 1 aromatic rings. The Bertz CT molecular complexity index is 799. The third-order valence-electron chi connectivity index (χ3n) is 5.81. The SMILES string of the molecule is COC(=O)C1CC[NH+](CC(=O)N2CCN(S(=O)(=O)Cc3ccccc3)CC2)CC1. The maximum absolute atomic E-state index is 12.6. The highest BCUT2D eigenvalue weighted by Gasteiger charge is 2.32. The normalized spacial score (nSPS) is 23.6. The van der Waals surface area contributed by atoms with Crippen LogP contribution in [0.25, 0.3) is 0 Å². The monoisotopic (exact) mass is 424 g/mol. The van der Waals surface area contributed by atoms with Gasteiger partial charge in [0.1, 0.15) is 0 Å². The van der Waals surface area contributed by atoms with Gasteiger partial charge in [-0.1, -0.05) is 30.3 Å². The second kappa shape index (κ2) is 9.69.